The van der Waals surface area contributed by atoms with Crippen LogP contribution in [0.4, 0.5) is 19.0 Å². The molecule has 0 aliphatic carbocycles. The minimum absolute atomic E-state index is 0.0217. The van der Waals surface area contributed by atoms with Crippen LogP contribution in [-0.2, 0) is 10.9 Å². The van der Waals surface area contributed by atoms with Gasteiger partial charge in [-0.3, -0.25) is 0 Å². The Morgan fingerprint density at radius 1 is 1.45 bits per heavy atom. The van der Waals surface area contributed by atoms with Crippen molar-refractivity contribution < 1.29 is 23.0 Å². The number of aliphatic hydroxyl groups excluding tert-OH is 1. The van der Waals surface area contributed by atoms with Gasteiger partial charge in [0.05, 0.1) is 18.8 Å². The van der Waals surface area contributed by atoms with Crippen molar-refractivity contribution in [1.82, 2.24) is 4.98 Å². The fourth-order valence-corrected chi connectivity index (χ4v) is 3.47. The van der Waals surface area contributed by atoms with Crippen molar-refractivity contribution in [2.45, 2.75) is 19.5 Å². The third-order valence-electron chi connectivity index (χ3n) is 4.72. The van der Waals surface area contributed by atoms with Crippen LogP contribution >= 0.6 is 0 Å². The van der Waals surface area contributed by atoms with E-state index >= 15 is 0 Å². The highest BCUT2D eigenvalue weighted by Crippen LogP contribution is 2.43. The first-order valence-corrected chi connectivity index (χ1v) is 7.33. The maximum atomic E-state index is 13.0. The van der Waals surface area contributed by atoms with E-state index in [1.807, 2.05) is 4.90 Å². The van der Waals surface area contributed by atoms with Gasteiger partial charge >= 0.3 is 6.18 Å². The zero-order chi connectivity index (χ0) is 16.0. The predicted octanol–water partition coefficient (Wildman–Crippen LogP) is 2.24. The lowest BCUT2D eigenvalue weighted by Gasteiger charge is -2.36. The minimum Gasteiger partial charge on any atom is -0.396 e. The Kier molecular flexibility index (Phi) is 3.81. The topological polar surface area (TPSA) is 45.6 Å². The van der Waals surface area contributed by atoms with Gasteiger partial charge in [-0.05, 0) is 31.4 Å². The summed E-state index contributed by atoms with van der Waals surface area (Å²) < 4.78 is 44.4. The Bertz CT molecular complexity index is 564. The van der Waals surface area contributed by atoms with Gasteiger partial charge in [0.25, 0.3) is 0 Å². The van der Waals surface area contributed by atoms with E-state index in [4.69, 9.17) is 4.74 Å². The average Bonchev–Trinajstić information content (AvgIpc) is 2.86. The number of ether oxygens (including phenoxy) is 1. The first-order chi connectivity index (χ1) is 10.3. The molecule has 22 heavy (non-hydrogen) atoms. The van der Waals surface area contributed by atoms with E-state index in [-0.39, 0.29) is 17.9 Å². The average molecular weight is 316 g/mol. The number of pyridine rings is 1. The zero-order valence-corrected chi connectivity index (χ0v) is 12.4. The van der Waals surface area contributed by atoms with E-state index in [9.17, 15) is 18.3 Å². The second-order valence-corrected chi connectivity index (χ2v) is 6.29. The van der Waals surface area contributed by atoms with Crippen molar-refractivity contribution in [1.29, 1.82) is 0 Å². The molecule has 0 amide bonds. The van der Waals surface area contributed by atoms with E-state index in [0.717, 1.165) is 18.6 Å². The molecule has 2 saturated heterocycles. The standard InChI is InChI=1S/C15H19F3N2O2/c1-10-4-12(15(16,17)18)5-13(19-10)20-6-11-2-3-22-9-14(11,7-20)8-21/h4-5,11,21H,2-3,6-9H2,1H3/t11-,14+/m0/s1. The molecule has 0 bridgehead atoms. The molecule has 2 fully saturated rings. The number of fused-ring (bicyclic) bond motifs is 1. The molecule has 7 heteroatoms. The maximum Gasteiger partial charge on any atom is 0.416 e. The number of aliphatic hydroxyl groups is 1. The van der Waals surface area contributed by atoms with Crippen molar-refractivity contribution in [3.63, 3.8) is 0 Å². The molecule has 0 aromatic carbocycles. The van der Waals surface area contributed by atoms with Gasteiger partial charge in [0.2, 0.25) is 0 Å². The zero-order valence-electron chi connectivity index (χ0n) is 12.4. The second-order valence-electron chi connectivity index (χ2n) is 6.29. The van der Waals surface area contributed by atoms with Crippen molar-refractivity contribution in [3.8, 4) is 0 Å². The van der Waals surface area contributed by atoms with E-state index in [2.05, 4.69) is 4.98 Å². The summed E-state index contributed by atoms with van der Waals surface area (Å²) in [4.78, 5) is 6.10. The van der Waals surface area contributed by atoms with Gasteiger partial charge in [-0.2, -0.15) is 13.2 Å². The van der Waals surface area contributed by atoms with Crippen LogP contribution in [0.3, 0.4) is 0 Å². The lowest BCUT2D eigenvalue weighted by atomic mass is 9.76. The number of hydrogen-bond acceptors (Lipinski definition) is 4. The maximum absolute atomic E-state index is 13.0. The number of aromatic nitrogens is 1. The number of halogens is 3. The monoisotopic (exact) mass is 316 g/mol. The van der Waals surface area contributed by atoms with Gasteiger partial charge in [0.1, 0.15) is 5.82 Å². The third-order valence-corrected chi connectivity index (χ3v) is 4.72. The highest BCUT2D eigenvalue weighted by molar-refractivity contribution is 5.45. The minimum atomic E-state index is -4.38. The van der Waals surface area contributed by atoms with Crippen LogP contribution in [0, 0.1) is 18.3 Å². The molecule has 1 N–H and O–H groups in total. The third kappa shape index (κ3) is 2.67. The van der Waals surface area contributed by atoms with Crippen LogP contribution in [0.25, 0.3) is 0 Å². The molecular weight excluding hydrogens is 297 g/mol. The number of nitrogens with zero attached hydrogens (tertiary/aromatic N) is 2. The van der Waals surface area contributed by atoms with E-state index in [1.165, 1.54) is 0 Å². The summed E-state index contributed by atoms with van der Waals surface area (Å²) in [7, 11) is 0. The SMILES string of the molecule is Cc1cc(C(F)(F)F)cc(N2C[C@@H]3CCOC[C@]3(CO)C2)n1. The van der Waals surface area contributed by atoms with Crippen LogP contribution in [0.2, 0.25) is 0 Å². The highest BCUT2D eigenvalue weighted by atomic mass is 19.4. The molecule has 1 aromatic rings. The molecule has 3 rings (SSSR count). The number of rotatable bonds is 2. The first-order valence-electron chi connectivity index (χ1n) is 7.33. The quantitative estimate of drug-likeness (QED) is 0.909. The van der Waals surface area contributed by atoms with Crippen LogP contribution in [0.1, 0.15) is 17.7 Å². The van der Waals surface area contributed by atoms with Gasteiger partial charge < -0.3 is 14.7 Å². The molecule has 2 atom stereocenters. The molecule has 122 valence electrons. The number of hydrogen-bond donors (Lipinski definition) is 1. The summed E-state index contributed by atoms with van der Waals surface area (Å²) in [5.74, 6) is 0.553. The summed E-state index contributed by atoms with van der Waals surface area (Å²) in [5.41, 5.74) is -0.726. The summed E-state index contributed by atoms with van der Waals surface area (Å²) in [6.07, 6.45) is -3.57. The Balaban J connectivity index is 1.91. The highest BCUT2D eigenvalue weighted by Gasteiger charge is 2.48. The van der Waals surface area contributed by atoms with Crippen LogP contribution in [0.5, 0.6) is 0 Å². The van der Waals surface area contributed by atoms with Crippen molar-refractivity contribution in [3.05, 3.63) is 23.4 Å². The van der Waals surface area contributed by atoms with Gasteiger partial charge in [0.15, 0.2) is 0 Å². The smallest absolute Gasteiger partial charge is 0.396 e. The summed E-state index contributed by atoms with van der Waals surface area (Å²) in [6, 6.07) is 2.15. The van der Waals surface area contributed by atoms with E-state index < -0.39 is 11.7 Å². The molecule has 2 aliphatic heterocycles. The number of anilines is 1. The Hall–Kier alpha value is -1.34. The fourth-order valence-electron chi connectivity index (χ4n) is 3.47. The molecule has 0 saturated carbocycles. The molecular formula is C15H19F3N2O2. The number of alkyl halides is 3. The first kappa shape index (κ1) is 15.6. The van der Waals surface area contributed by atoms with E-state index in [1.54, 1.807) is 6.92 Å². The largest absolute Gasteiger partial charge is 0.416 e. The molecule has 0 radical (unpaired) electrons. The number of aryl methyl sites for hydroxylation is 1. The Morgan fingerprint density at radius 3 is 2.86 bits per heavy atom. The van der Waals surface area contributed by atoms with E-state index in [0.29, 0.717) is 37.8 Å². The van der Waals surface area contributed by atoms with Gasteiger partial charge in [-0.15, -0.1) is 0 Å². The Labute approximate surface area is 126 Å². The van der Waals surface area contributed by atoms with Crippen LogP contribution in [0.15, 0.2) is 12.1 Å². The summed E-state index contributed by atoms with van der Waals surface area (Å²) in [6.45, 7) is 3.70. The molecule has 1 aromatic heterocycles. The molecule has 4 nitrogen and oxygen atoms in total. The Morgan fingerprint density at radius 2 is 2.23 bits per heavy atom. The molecule has 3 heterocycles. The van der Waals surface area contributed by atoms with Crippen molar-refractivity contribution in [2.24, 2.45) is 11.3 Å². The molecule has 0 spiro atoms. The predicted molar refractivity (Wildman–Crippen MR) is 74.6 cm³/mol. The normalized spacial score (nSPS) is 28.8. The second kappa shape index (κ2) is 5.38. The van der Waals surface area contributed by atoms with Gasteiger partial charge in [-0.25, -0.2) is 4.98 Å². The summed E-state index contributed by atoms with van der Waals surface area (Å²) >= 11 is 0. The molecule has 0 unspecified atom stereocenters. The summed E-state index contributed by atoms with van der Waals surface area (Å²) in [5, 5.41) is 9.75. The van der Waals surface area contributed by atoms with Gasteiger partial charge in [-0.1, -0.05) is 0 Å². The van der Waals surface area contributed by atoms with Crippen molar-refractivity contribution in [2.75, 3.05) is 37.8 Å². The van der Waals surface area contributed by atoms with Gasteiger partial charge in [0, 0.05) is 30.8 Å². The lowest BCUT2D eigenvalue weighted by Crippen LogP contribution is -2.43. The van der Waals surface area contributed by atoms with Crippen LogP contribution in [-0.4, -0.2) is 43.0 Å². The lowest BCUT2D eigenvalue weighted by molar-refractivity contribution is -0.137. The molecule has 2 aliphatic rings. The fraction of sp³-hybridized carbons (Fsp3) is 0.667. The van der Waals surface area contributed by atoms with Crippen LogP contribution < -0.4 is 4.90 Å². The van der Waals surface area contributed by atoms with Crippen molar-refractivity contribution >= 4 is 5.82 Å².